The lowest BCUT2D eigenvalue weighted by molar-refractivity contribution is 0.00478. The van der Waals surface area contributed by atoms with E-state index in [1.807, 2.05) is 11.3 Å². The van der Waals surface area contributed by atoms with Crippen LogP contribution >= 0.6 is 11.3 Å². The molecule has 3 saturated heterocycles. The largest absolute Gasteiger partial charge is 0.307 e. The summed E-state index contributed by atoms with van der Waals surface area (Å²) in [7, 11) is 0. The molecule has 2 nitrogen and oxygen atoms in total. The summed E-state index contributed by atoms with van der Waals surface area (Å²) >= 11 is 1.86. The molecule has 0 saturated carbocycles. The monoisotopic (exact) mass is 388 g/mol. The molecule has 28 heavy (non-hydrogen) atoms. The van der Waals surface area contributed by atoms with E-state index in [0.29, 0.717) is 18.0 Å². The highest BCUT2D eigenvalue weighted by Gasteiger charge is 2.46. The van der Waals surface area contributed by atoms with Gasteiger partial charge >= 0.3 is 0 Å². The molecular formula is C25H28N2S. The van der Waals surface area contributed by atoms with Gasteiger partial charge in [0.15, 0.2) is 0 Å². The molecule has 3 aromatic rings. The van der Waals surface area contributed by atoms with Gasteiger partial charge in [-0.3, -0.25) is 4.90 Å². The average Bonchev–Trinajstić information content (AvgIpc) is 3.29. The van der Waals surface area contributed by atoms with Gasteiger partial charge in [-0.15, -0.1) is 11.3 Å². The molecule has 3 heteroatoms. The summed E-state index contributed by atoms with van der Waals surface area (Å²) < 4.78 is 0. The molecule has 4 heterocycles. The quantitative estimate of drug-likeness (QED) is 0.629. The zero-order valence-corrected chi connectivity index (χ0v) is 17.0. The van der Waals surface area contributed by atoms with Gasteiger partial charge in [-0.05, 0) is 54.4 Å². The highest BCUT2D eigenvalue weighted by molar-refractivity contribution is 7.09. The van der Waals surface area contributed by atoms with Crippen molar-refractivity contribution in [3.8, 4) is 0 Å². The van der Waals surface area contributed by atoms with Crippen LogP contribution in [0.1, 0.15) is 34.8 Å². The predicted molar refractivity (Wildman–Crippen MR) is 118 cm³/mol. The van der Waals surface area contributed by atoms with E-state index in [1.54, 1.807) is 0 Å². The molecule has 144 valence electrons. The van der Waals surface area contributed by atoms with E-state index in [-0.39, 0.29) is 0 Å². The standard InChI is InChI=1S/C25H28N2S/c1-3-8-19(9-4-1)23(20-10-5-2-6-11-20)25-24(21-13-15-27(25)16-14-21)26-18-22-12-7-17-28-22/h1-12,17,21,23-26H,13-16,18H2. The second kappa shape index (κ2) is 8.20. The topological polar surface area (TPSA) is 15.3 Å². The van der Waals surface area contributed by atoms with Gasteiger partial charge in [-0.2, -0.15) is 0 Å². The van der Waals surface area contributed by atoms with E-state index in [2.05, 4.69) is 88.4 Å². The van der Waals surface area contributed by atoms with Gasteiger partial charge in [-0.1, -0.05) is 66.7 Å². The fourth-order valence-corrected chi connectivity index (χ4v) is 5.98. The van der Waals surface area contributed by atoms with Crippen molar-refractivity contribution in [2.75, 3.05) is 13.1 Å². The minimum Gasteiger partial charge on any atom is -0.307 e. The molecule has 2 atom stereocenters. The van der Waals surface area contributed by atoms with E-state index in [1.165, 1.54) is 41.9 Å². The fraction of sp³-hybridized carbons (Fsp3) is 0.360. The maximum Gasteiger partial charge on any atom is 0.0361 e. The number of fused-ring (bicyclic) bond motifs is 3. The van der Waals surface area contributed by atoms with Crippen molar-refractivity contribution in [3.63, 3.8) is 0 Å². The zero-order chi connectivity index (χ0) is 18.8. The fourth-order valence-electron chi connectivity index (χ4n) is 5.33. The third-order valence-corrected chi connectivity index (χ3v) is 7.50. The summed E-state index contributed by atoms with van der Waals surface area (Å²) in [5, 5.41) is 6.18. The highest BCUT2D eigenvalue weighted by Crippen LogP contribution is 2.42. The Bertz CT molecular complexity index is 815. The number of benzene rings is 2. The van der Waals surface area contributed by atoms with Crippen LogP contribution in [0.3, 0.4) is 0 Å². The molecule has 3 aliphatic heterocycles. The summed E-state index contributed by atoms with van der Waals surface area (Å²) in [5.41, 5.74) is 2.88. The molecule has 1 N–H and O–H groups in total. The molecule has 0 radical (unpaired) electrons. The number of rotatable bonds is 6. The van der Waals surface area contributed by atoms with Crippen LogP contribution in [0.25, 0.3) is 0 Å². The van der Waals surface area contributed by atoms with Gasteiger partial charge < -0.3 is 5.32 Å². The molecular weight excluding hydrogens is 360 g/mol. The van der Waals surface area contributed by atoms with Crippen molar-refractivity contribution in [1.29, 1.82) is 0 Å². The molecule has 0 aliphatic carbocycles. The summed E-state index contributed by atoms with van der Waals surface area (Å²) in [6.45, 7) is 3.46. The molecule has 3 fully saturated rings. The van der Waals surface area contributed by atoms with Crippen molar-refractivity contribution in [1.82, 2.24) is 10.2 Å². The molecule has 0 spiro atoms. The normalized spacial score (nSPS) is 26.6. The van der Waals surface area contributed by atoms with Crippen LogP contribution < -0.4 is 5.32 Å². The lowest BCUT2D eigenvalue weighted by Gasteiger charge is -2.54. The highest BCUT2D eigenvalue weighted by atomic mass is 32.1. The average molecular weight is 389 g/mol. The van der Waals surface area contributed by atoms with Gasteiger partial charge in [0.25, 0.3) is 0 Å². The molecule has 0 amide bonds. The Morgan fingerprint density at radius 2 is 1.50 bits per heavy atom. The first-order valence-electron chi connectivity index (χ1n) is 10.5. The van der Waals surface area contributed by atoms with Crippen molar-refractivity contribution in [2.45, 2.75) is 37.4 Å². The Hall–Kier alpha value is -1.94. The van der Waals surface area contributed by atoms with Gasteiger partial charge in [0.1, 0.15) is 0 Å². The minimum absolute atomic E-state index is 0.409. The lowest BCUT2D eigenvalue weighted by atomic mass is 9.70. The third-order valence-electron chi connectivity index (χ3n) is 6.62. The second-order valence-electron chi connectivity index (χ2n) is 8.15. The Morgan fingerprint density at radius 3 is 2.07 bits per heavy atom. The van der Waals surface area contributed by atoms with Crippen LogP contribution in [-0.2, 0) is 6.54 Å². The third kappa shape index (κ3) is 3.55. The van der Waals surface area contributed by atoms with Crippen LogP contribution in [0, 0.1) is 5.92 Å². The molecule has 3 aliphatic rings. The van der Waals surface area contributed by atoms with Gasteiger partial charge in [0, 0.05) is 29.4 Å². The smallest absolute Gasteiger partial charge is 0.0361 e. The Balaban J connectivity index is 1.51. The van der Waals surface area contributed by atoms with E-state index in [4.69, 9.17) is 0 Å². The number of nitrogens with zero attached hydrogens (tertiary/aromatic N) is 1. The summed E-state index contributed by atoms with van der Waals surface area (Å²) in [5.74, 6) is 1.19. The molecule has 6 rings (SSSR count). The first kappa shape index (κ1) is 18.1. The van der Waals surface area contributed by atoms with Gasteiger partial charge in [0.05, 0.1) is 0 Å². The lowest BCUT2D eigenvalue weighted by Crippen LogP contribution is -2.64. The van der Waals surface area contributed by atoms with Crippen LogP contribution in [0.2, 0.25) is 0 Å². The predicted octanol–water partition coefficient (Wildman–Crippen LogP) is 5.13. The van der Waals surface area contributed by atoms with Crippen molar-refractivity contribution >= 4 is 11.3 Å². The zero-order valence-electron chi connectivity index (χ0n) is 16.2. The maximum absolute atomic E-state index is 3.99. The Morgan fingerprint density at radius 1 is 0.857 bits per heavy atom. The first-order valence-corrected chi connectivity index (χ1v) is 11.4. The number of piperidine rings is 3. The Kier molecular flexibility index (Phi) is 5.30. The van der Waals surface area contributed by atoms with E-state index in [0.717, 1.165) is 12.5 Å². The number of hydrogen-bond acceptors (Lipinski definition) is 3. The minimum atomic E-state index is 0.409. The van der Waals surface area contributed by atoms with Crippen molar-refractivity contribution in [3.05, 3.63) is 94.2 Å². The molecule has 2 aromatic carbocycles. The first-order chi connectivity index (χ1) is 13.9. The maximum atomic E-state index is 3.99. The van der Waals surface area contributed by atoms with Crippen LogP contribution in [0.4, 0.5) is 0 Å². The summed E-state index contributed by atoms with van der Waals surface area (Å²) in [6.07, 6.45) is 2.66. The molecule has 2 bridgehead atoms. The molecule has 2 unspecified atom stereocenters. The Labute approximate surface area is 172 Å². The van der Waals surface area contributed by atoms with Gasteiger partial charge in [-0.25, -0.2) is 0 Å². The second-order valence-corrected chi connectivity index (χ2v) is 9.18. The van der Waals surface area contributed by atoms with Gasteiger partial charge in [0.2, 0.25) is 0 Å². The van der Waals surface area contributed by atoms with E-state index in [9.17, 15) is 0 Å². The van der Waals surface area contributed by atoms with Crippen LogP contribution in [0.15, 0.2) is 78.2 Å². The number of nitrogens with one attached hydrogen (secondary N) is 1. The number of hydrogen-bond donors (Lipinski definition) is 1. The van der Waals surface area contributed by atoms with Crippen molar-refractivity contribution in [2.24, 2.45) is 5.92 Å². The van der Waals surface area contributed by atoms with E-state index >= 15 is 0 Å². The van der Waals surface area contributed by atoms with Crippen molar-refractivity contribution < 1.29 is 0 Å². The van der Waals surface area contributed by atoms with E-state index < -0.39 is 0 Å². The summed E-state index contributed by atoms with van der Waals surface area (Å²) in [4.78, 5) is 4.20. The SMILES string of the molecule is c1ccc(C(c2ccccc2)C2C(NCc3cccs3)C3CCN2CC3)cc1. The van der Waals surface area contributed by atoms with Crippen LogP contribution in [0.5, 0.6) is 0 Å². The van der Waals surface area contributed by atoms with Crippen LogP contribution in [-0.4, -0.2) is 30.1 Å². The number of thiophene rings is 1. The molecule has 1 aromatic heterocycles. The summed E-state index contributed by atoms with van der Waals surface area (Å²) in [6, 6.07) is 27.7.